The molecule has 1 saturated carbocycles. The fraction of sp³-hybridized carbons (Fsp3) is 0.438. The van der Waals surface area contributed by atoms with Crippen LogP contribution in [0.3, 0.4) is 0 Å². The van der Waals surface area contributed by atoms with Crippen molar-refractivity contribution < 1.29 is 0 Å². The Balaban J connectivity index is 1.69. The molecule has 0 radical (unpaired) electrons. The van der Waals surface area contributed by atoms with Gasteiger partial charge in [0.15, 0.2) is 0 Å². The van der Waals surface area contributed by atoms with Crippen LogP contribution in [0.1, 0.15) is 31.9 Å². The topological polar surface area (TPSA) is 99.6 Å². The van der Waals surface area contributed by atoms with Gasteiger partial charge in [-0.15, -0.1) is 0 Å². The minimum Gasteiger partial charge on any atom is -0.383 e. The number of rotatable bonds is 5. The molecule has 0 atom stereocenters. The zero-order valence-corrected chi connectivity index (χ0v) is 12.6. The molecular weight excluding hydrogens is 276 g/mol. The molecular formula is C16H20N6. The molecule has 22 heavy (non-hydrogen) atoms. The lowest BCUT2D eigenvalue weighted by Crippen LogP contribution is -2.47. The SMILES string of the molecule is CCCNC1CC(Nc2cc3c(N)nc(C#N)cc3cn2)C1. The third-order valence-electron chi connectivity index (χ3n) is 4.03. The molecule has 1 fully saturated rings. The Kier molecular flexibility index (Phi) is 4.07. The molecule has 1 aliphatic carbocycles. The predicted molar refractivity (Wildman–Crippen MR) is 87.4 cm³/mol. The van der Waals surface area contributed by atoms with Crippen LogP contribution in [0.2, 0.25) is 0 Å². The molecule has 0 spiro atoms. The van der Waals surface area contributed by atoms with Gasteiger partial charge >= 0.3 is 0 Å². The molecule has 6 heteroatoms. The second kappa shape index (κ2) is 6.16. The van der Waals surface area contributed by atoms with Gasteiger partial charge in [0.1, 0.15) is 23.4 Å². The highest BCUT2D eigenvalue weighted by molar-refractivity contribution is 5.92. The van der Waals surface area contributed by atoms with Crippen molar-refractivity contribution in [3.8, 4) is 6.07 Å². The van der Waals surface area contributed by atoms with E-state index in [1.165, 1.54) is 0 Å². The van der Waals surface area contributed by atoms with Crippen LogP contribution < -0.4 is 16.4 Å². The number of anilines is 2. The average molecular weight is 296 g/mol. The number of fused-ring (bicyclic) bond motifs is 1. The molecule has 114 valence electrons. The number of nitrogen functional groups attached to an aromatic ring is 1. The lowest BCUT2D eigenvalue weighted by molar-refractivity contribution is 0.309. The first-order chi connectivity index (χ1) is 10.7. The normalized spacial score (nSPS) is 20.4. The molecule has 4 N–H and O–H groups in total. The summed E-state index contributed by atoms with van der Waals surface area (Å²) in [4.78, 5) is 8.48. The van der Waals surface area contributed by atoms with Crippen LogP contribution >= 0.6 is 0 Å². The fourth-order valence-electron chi connectivity index (χ4n) is 2.77. The maximum absolute atomic E-state index is 8.91. The Hall–Kier alpha value is -2.39. The summed E-state index contributed by atoms with van der Waals surface area (Å²) in [6, 6.07) is 6.68. The number of nitrogens with one attached hydrogen (secondary N) is 2. The van der Waals surface area contributed by atoms with Crippen molar-refractivity contribution in [2.24, 2.45) is 0 Å². The highest BCUT2D eigenvalue weighted by atomic mass is 15.1. The summed E-state index contributed by atoms with van der Waals surface area (Å²) in [6.45, 7) is 3.26. The smallest absolute Gasteiger partial charge is 0.143 e. The van der Waals surface area contributed by atoms with Gasteiger partial charge in [-0.25, -0.2) is 9.97 Å². The zero-order valence-electron chi connectivity index (χ0n) is 12.6. The number of aromatic nitrogens is 2. The molecule has 0 unspecified atom stereocenters. The molecule has 0 saturated heterocycles. The molecule has 0 bridgehead atoms. The zero-order chi connectivity index (χ0) is 15.5. The Morgan fingerprint density at radius 3 is 2.91 bits per heavy atom. The van der Waals surface area contributed by atoms with E-state index in [1.807, 2.05) is 12.1 Å². The predicted octanol–water partition coefficient (Wildman–Crippen LogP) is 2.03. The number of nitrogens with two attached hydrogens (primary N) is 1. The molecule has 0 amide bonds. The number of nitriles is 1. The largest absolute Gasteiger partial charge is 0.383 e. The van der Waals surface area contributed by atoms with Crippen LogP contribution in [0.5, 0.6) is 0 Å². The van der Waals surface area contributed by atoms with Crippen molar-refractivity contribution in [2.75, 3.05) is 17.6 Å². The van der Waals surface area contributed by atoms with Gasteiger partial charge in [-0.1, -0.05) is 6.92 Å². The van der Waals surface area contributed by atoms with Crippen LogP contribution in [0.25, 0.3) is 10.8 Å². The number of hydrogen-bond donors (Lipinski definition) is 3. The number of hydrogen-bond acceptors (Lipinski definition) is 6. The van der Waals surface area contributed by atoms with Crippen molar-refractivity contribution in [1.82, 2.24) is 15.3 Å². The maximum Gasteiger partial charge on any atom is 0.143 e. The highest BCUT2D eigenvalue weighted by Crippen LogP contribution is 2.26. The molecule has 2 heterocycles. The van der Waals surface area contributed by atoms with Gasteiger partial charge in [0.25, 0.3) is 0 Å². The maximum atomic E-state index is 8.91. The Morgan fingerprint density at radius 1 is 1.36 bits per heavy atom. The van der Waals surface area contributed by atoms with Crippen LogP contribution in [0, 0.1) is 11.3 Å². The van der Waals surface area contributed by atoms with E-state index >= 15 is 0 Å². The Morgan fingerprint density at radius 2 is 2.18 bits per heavy atom. The van der Waals surface area contributed by atoms with Crippen molar-refractivity contribution in [2.45, 2.75) is 38.3 Å². The van der Waals surface area contributed by atoms with E-state index in [4.69, 9.17) is 11.0 Å². The van der Waals surface area contributed by atoms with Crippen molar-refractivity contribution in [1.29, 1.82) is 5.26 Å². The van der Waals surface area contributed by atoms with Gasteiger partial charge in [-0.05, 0) is 37.9 Å². The lowest BCUT2D eigenvalue weighted by Gasteiger charge is -2.36. The minimum absolute atomic E-state index is 0.316. The van der Waals surface area contributed by atoms with E-state index in [2.05, 4.69) is 27.5 Å². The van der Waals surface area contributed by atoms with Gasteiger partial charge < -0.3 is 16.4 Å². The van der Waals surface area contributed by atoms with E-state index in [1.54, 1.807) is 12.3 Å². The average Bonchev–Trinajstić information content (AvgIpc) is 2.49. The second-order valence-electron chi connectivity index (χ2n) is 5.76. The molecule has 6 nitrogen and oxygen atoms in total. The van der Waals surface area contributed by atoms with Crippen LogP contribution in [0.15, 0.2) is 18.3 Å². The van der Waals surface area contributed by atoms with Gasteiger partial charge in [-0.3, -0.25) is 0 Å². The van der Waals surface area contributed by atoms with Crippen LogP contribution in [-0.4, -0.2) is 28.6 Å². The Bertz CT molecular complexity index is 714. The second-order valence-corrected chi connectivity index (χ2v) is 5.76. The van der Waals surface area contributed by atoms with E-state index in [-0.39, 0.29) is 0 Å². The minimum atomic E-state index is 0.316. The van der Waals surface area contributed by atoms with Crippen LogP contribution in [-0.2, 0) is 0 Å². The third-order valence-corrected chi connectivity index (χ3v) is 4.03. The summed E-state index contributed by atoms with van der Waals surface area (Å²) in [5.74, 6) is 1.18. The first-order valence-electron chi connectivity index (χ1n) is 7.66. The highest BCUT2D eigenvalue weighted by Gasteiger charge is 2.28. The summed E-state index contributed by atoms with van der Waals surface area (Å²) in [5, 5.41) is 17.5. The first-order valence-corrected chi connectivity index (χ1v) is 7.66. The summed E-state index contributed by atoms with van der Waals surface area (Å²) in [6.07, 6.45) is 5.13. The van der Waals surface area contributed by atoms with Gasteiger partial charge in [-0.2, -0.15) is 5.26 Å². The molecule has 0 aromatic carbocycles. The summed E-state index contributed by atoms with van der Waals surface area (Å²) in [7, 11) is 0. The first kappa shape index (κ1) is 14.5. The van der Waals surface area contributed by atoms with E-state index in [0.717, 1.165) is 42.4 Å². The molecule has 2 aromatic rings. The quantitative estimate of drug-likeness (QED) is 0.780. The lowest BCUT2D eigenvalue weighted by atomic mass is 9.86. The molecule has 1 aliphatic rings. The van der Waals surface area contributed by atoms with Crippen molar-refractivity contribution in [3.05, 3.63) is 24.0 Å². The van der Waals surface area contributed by atoms with Crippen LogP contribution in [0.4, 0.5) is 11.6 Å². The Labute approximate surface area is 129 Å². The summed E-state index contributed by atoms with van der Waals surface area (Å²) >= 11 is 0. The molecule has 0 aliphatic heterocycles. The van der Waals surface area contributed by atoms with Gasteiger partial charge in [0.05, 0.1) is 0 Å². The number of nitrogens with zero attached hydrogens (tertiary/aromatic N) is 3. The molecule has 2 aromatic heterocycles. The van der Waals surface area contributed by atoms with E-state index in [0.29, 0.717) is 23.6 Å². The molecule has 3 rings (SSSR count). The summed E-state index contributed by atoms with van der Waals surface area (Å²) < 4.78 is 0. The number of pyridine rings is 2. The van der Waals surface area contributed by atoms with E-state index in [9.17, 15) is 0 Å². The van der Waals surface area contributed by atoms with Crippen molar-refractivity contribution in [3.63, 3.8) is 0 Å². The third kappa shape index (κ3) is 2.95. The van der Waals surface area contributed by atoms with Gasteiger partial charge in [0.2, 0.25) is 0 Å². The van der Waals surface area contributed by atoms with Gasteiger partial charge in [0, 0.05) is 29.1 Å². The standard InChI is InChI=1S/C16H20N6/c1-2-3-19-11-5-12(6-11)21-15-7-14-10(9-20-15)4-13(8-17)22-16(14)18/h4,7,9,11-12,19H,2-3,5-6H2,1H3,(H2,18,22)(H,20,21). The van der Waals surface area contributed by atoms with Crippen molar-refractivity contribution >= 4 is 22.4 Å². The fourth-order valence-corrected chi connectivity index (χ4v) is 2.77. The monoisotopic (exact) mass is 296 g/mol. The summed E-state index contributed by atoms with van der Waals surface area (Å²) in [5.41, 5.74) is 6.24. The van der Waals surface area contributed by atoms with E-state index < -0.39 is 0 Å².